The third kappa shape index (κ3) is 5.24. The molecular weight excluding hydrogens is 144 g/mol. The minimum atomic E-state index is 0. The van der Waals surface area contributed by atoms with Crippen molar-refractivity contribution >= 4 is 6.08 Å². The summed E-state index contributed by atoms with van der Waals surface area (Å²) in [6, 6.07) is 10.0. The molecule has 0 N–H and O–H groups in total. The maximum atomic E-state index is 3.63. The van der Waals surface area contributed by atoms with E-state index in [0.29, 0.717) is 0 Å². The van der Waals surface area contributed by atoms with Crippen LogP contribution < -0.4 is 0 Å². The fourth-order valence-corrected chi connectivity index (χ4v) is 0.589. The lowest BCUT2D eigenvalue weighted by Gasteiger charge is -1.85. The molecule has 12 heavy (non-hydrogen) atoms. The van der Waals surface area contributed by atoms with Gasteiger partial charge in [0, 0.05) is 1.43 Å². The van der Waals surface area contributed by atoms with Crippen molar-refractivity contribution in [1.82, 2.24) is 0 Å². The van der Waals surface area contributed by atoms with Crippen LogP contribution in [0.5, 0.6) is 0 Å². The lowest BCUT2D eigenvalue weighted by Crippen LogP contribution is -1.63. The summed E-state index contributed by atoms with van der Waals surface area (Å²) < 4.78 is 0. The van der Waals surface area contributed by atoms with Gasteiger partial charge in [-0.25, -0.2) is 0 Å². The van der Waals surface area contributed by atoms with Crippen molar-refractivity contribution < 1.29 is 1.43 Å². The molecule has 1 aromatic rings. The molecule has 0 unspecified atom stereocenters. The van der Waals surface area contributed by atoms with Crippen LogP contribution in [-0.2, 0) is 0 Å². The first kappa shape index (κ1) is 10.4. The van der Waals surface area contributed by atoms with Crippen LogP contribution >= 0.6 is 0 Å². The van der Waals surface area contributed by atoms with Crippen molar-refractivity contribution in [3.63, 3.8) is 0 Å². The van der Waals surface area contributed by atoms with Crippen LogP contribution in [0.4, 0.5) is 0 Å². The second kappa shape index (κ2) is 7.55. The predicted molar refractivity (Wildman–Crippen MR) is 59.0 cm³/mol. The number of benzene rings is 1. The minimum Gasteiger partial charge on any atom is -0.0991 e. The van der Waals surface area contributed by atoms with E-state index in [2.05, 4.69) is 19.7 Å². The molecule has 0 bridgehead atoms. The Kier molecular flexibility index (Phi) is 6.56. The molecule has 0 saturated heterocycles. The van der Waals surface area contributed by atoms with Gasteiger partial charge in [0.1, 0.15) is 0 Å². The average molecular weight is 160 g/mol. The van der Waals surface area contributed by atoms with E-state index in [1.807, 2.05) is 36.4 Å². The second-order valence-corrected chi connectivity index (χ2v) is 2.09. The first-order valence-corrected chi connectivity index (χ1v) is 3.76. The number of allylic oxidation sites excluding steroid dienone is 2. The maximum absolute atomic E-state index is 3.63. The Labute approximate surface area is 76.0 Å². The molecule has 64 valence electrons. The molecule has 1 rings (SSSR count). The molecule has 0 nitrogen and oxygen atoms in total. The number of rotatable bonds is 2. The summed E-state index contributed by atoms with van der Waals surface area (Å²) in [7, 11) is 0. The summed E-state index contributed by atoms with van der Waals surface area (Å²) in [4.78, 5) is 0. The van der Waals surface area contributed by atoms with Crippen molar-refractivity contribution in [2.75, 3.05) is 0 Å². The summed E-state index contributed by atoms with van der Waals surface area (Å²) in [5.41, 5.74) is 1.17. The normalized spacial score (nSPS) is 7.33. The molecule has 0 aliphatic heterocycles. The van der Waals surface area contributed by atoms with Crippen molar-refractivity contribution in [2.45, 2.75) is 0 Å². The van der Waals surface area contributed by atoms with Gasteiger partial charge in [0.15, 0.2) is 0 Å². The highest BCUT2D eigenvalue weighted by molar-refractivity contribution is 5.45. The van der Waals surface area contributed by atoms with E-state index in [-0.39, 0.29) is 1.43 Å². The molecule has 0 amide bonds. The highest BCUT2D eigenvalue weighted by Gasteiger charge is 1.75. The van der Waals surface area contributed by atoms with Gasteiger partial charge >= 0.3 is 0 Å². The van der Waals surface area contributed by atoms with Crippen LogP contribution in [-0.4, -0.2) is 0 Å². The Morgan fingerprint density at radius 1 is 0.917 bits per heavy atom. The van der Waals surface area contributed by atoms with Crippen molar-refractivity contribution in [3.8, 4) is 0 Å². The standard InChI is InChI=1S/C8H8.C4H6.H2/c1-2-8-6-4-3-5-7-8;1-3-4-2;/h2-7H,1H2;3-4H,1-2H2;1H. The van der Waals surface area contributed by atoms with Crippen LogP contribution in [0, 0.1) is 0 Å². The van der Waals surface area contributed by atoms with Crippen molar-refractivity contribution in [2.24, 2.45) is 0 Å². The van der Waals surface area contributed by atoms with Gasteiger partial charge in [0.05, 0.1) is 0 Å². The summed E-state index contributed by atoms with van der Waals surface area (Å²) in [6.45, 7) is 10.4. The zero-order chi connectivity index (χ0) is 9.23. The van der Waals surface area contributed by atoms with E-state index in [1.54, 1.807) is 12.2 Å². The van der Waals surface area contributed by atoms with E-state index in [4.69, 9.17) is 0 Å². The summed E-state index contributed by atoms with van der Waals surface area (Å²) in [5, 5.41) is 0. The predicted octanol–water partition coefficient (Wildman–Crippen LogP) is 3.93. The Morgan fingerprint density at radius 3 is 1.67 bits per heavy atom. The Morgan fingerprint density at radius 2 is 1.42 bits per heavy atom. The van der Waals surface area contributed by atoms with Crippen LogP contribution in [0.3, 0.4) is 0 Å². The molecule has 0 aliphatic carbocycles. The lowest BCUT2D eigenvalue weighted by molar-refractivity contribution is 1.67. The van der Waals surface area contributed by atoms with Crippen LogP contribution in [0.1, 0.15) is 6.99 Å². The number of hydrogen-bond acceptors (Lipinski definition) is 0. The molecule has 0 heterocycles. The Hall–Kier alpha value is -1.56. The van der Waals surface area contributed by atoms with E-state index in [1.165, 1.54) is 5.56 Å². The van der Waals surface area contributed by atoms with E-state index >= 15 is 0 Å². The topological polar surface area (TPSA) is 0 Å². The quantitative estimate of drug-likeness (QED) is 0.575. The fraction of sp³-hybridized carbons (Fsp3) is 0. The summed E-state index contributed by atoms with van der Waals surface area (Å²) in [5.74, 6) is 0. The lowest BCUT2D eigenvalue weighted by atomic mass is 10.2. The van der Waals surface area contributed by atoms with Gasteiger partial charge in [0.25, 0.3) is 0 Å². The van der Waals surface area contributed by atoms with Gasteiger partial charge in [-0.15, -0.1) is 0 Å². The molecule has 0 spiro atoms. The monoisotopic (exact) mass is 160 g/mol. The molecule has 0 aliphatic rings. The average Bonchev–Trinajstić information content (AvgIpc) is 2.19. The summed E-state index contributed by atoms with van der Waals surface area (Å²) >= 11 is 0. The zero-order valence-corrected chi connectivity index (χ0v) is 7.24. The van der Waals surface area contributed by atoms with Crippen LogP contribution in [0.25, 0.3) is 6.08 Å². The Balaban J connectivity index is 0. The minimum absolute atomic E-state index is 0. The van der Waals surface area contributed by atoms with Crippen LogP contribution in [0.15, 0.2) is 62.2 Å². The second-order valence-electron chi connectivity index (χ2n) is 2.09. The molecular formula is C12H16. The van der Waals surface area contributed by atoms with Crippen LogP contribution in [0.2, 0.25) is 0 Å². The Bertz CT molecular complexity index is 231. The first-order chi connectivity index (χ1) is 5.85. The molecule has 0 fully saturated rings. The third-order valence-corrected chi connectivity index (χ3v) is 1.20. The maximum Gasteiger partial charge on any atom is 0 e. The molecule has 0 atom stereocenters. The highest BCUT2D eigenvalue weighted by Crippen LogP contribution is 1.97. The highest BCUT2D eigenvalue weighted by atomic mass is 13.8. The van der Waals surface area contributed by atoms with Gasteiger partial charge in [0.2, 0.25) is 0 Å². The first-order valence-electron chi connectivity index (χ1n) is 3.76. The zero-order valence-electron chi connectivity index (χ0n) is 7.24. The smallest absolute Gasteiger partial charge is 0 e. The third-order valence-electron chi connectivity index (χ3n) is 1.20. The SMILES string of the molecule is C=CC=C.C=Cc1ccccc1.[HH]. The van der Waals surface area contributed by atoms with E-state index in [9.17, 15) is 0 Å². The summed E-state index contributed by atoms with van der Waals surface area (Å²) in [6.07, 6.45) is 5.11. The van der Waals surface area contributed by atoms with Gasteiger partial charge < -0.3 is 0 Å². The van der Waals surface area contributed by atoms with Crippen molar-refractivity contribution in [3.05, 3.63) is 67.8 Å². The number of hydrogen-bond donors (Lipinski definition) is 0. The fourth-order valence-electron chi connectivity index (χ4n) is 0.589. The molecule has 0 aromatic heterocycles. The van der Waals surface area contributed by atoms with Gasteiger partial charge in [-0.1, -0.05) is 68.3 Å². The molecule has 1 aromatic carbocycles. The van der Waals surface area contributed by atoms with Crippen molar-refractivity contribution in [1.29, 1.82) is 0 Å². The van der Waals surface area contributed by atoms with Gasteiger partial charge in [-0.3, -0.25) is 0 Å². The molecule has 0 saturated carbocycles. The van der Waals surface area contributed by atoms with Gasteiger partial charge in [-0.05, 0) is 5.56 Å². The molecule has 0 radical (unpaired) electrons. The largest absolute Gasteiger partial charge is 0.0991 e. The van der Waals surface area contributed by atoms with E-state index in [0.717, 1.165) is 0 Å². The van der Waals surface area contributed by atoms with Gasteiger partial charge in [-0.2, -0.15) is 0 Å². The molecule has 0 heteroatoms. The van der Waals surface area contributed by atoms with E-state index < -0.39 is 0 Å².